The summed E-state index contributed by atoms with van der Waals surface area (Å²) in [5.74, 6) is 0.198. The Labute approximate surface area is 92.5 Å². The summed E-state index contributed by atoms with van der Waals surface area (Å²) in [5, 5.41) is 8.83. The van der Waals surface area contributed by atoms with Crippen LogP contribution in [0, 0.1) is 0 Å². The maximum absolute atomic E-state index is 10.8. The van der Waals surface area contributed by atoms with E-state index >= 15 is 0 Å². The molecule has 0 aliphatic carbocycles. The molecule has 5 nitrogen and oxygen atoms in total. The van der Waals surface area contributed by atoms with E-state index < -0.39 is 5.97 Å². The zero-order chi connectivity index (χ0) is 11.7. The van der Waals surface area contributed by atoms with Crippen LogP contribution in [0.5, 0.6) is 0 Å². The molecular formula is C11H13N3O2. The second-order valence-corrected chi connectivity index (χ2v) is 3.83. The minimum atomic E-state index is -0.978. The standard InChI is InChI=1S/C11H13N3O2/c1-3-6(2)9-13-8-4-7(11(15)16)5-12-10(8)14-9/h4-6H,3H2,1-2H3,(H,15,16)(H,12,13,14). The van der Waals surface area contributed by atoms with Gasteiger partial charge in [0.05, 0.1) is 11.1 Å². The number of carboxylic acid groups (broad SMARTS) is 1. The first kappa shape index (κ1) is 10.6. The van der Waals surface area contributed by atoms with Gasteiger partial charge in [0.25, 0.3) is 0 Å². The molecule has 5 heteroatoms. The number of hydrogen-bond acceptors (Lipinski definition) is 3. The fourth-order valence-electron chi connectivity index (χ4n) is 1.46. The SMILES string of the molecule is CCC(C)c1nc2ncc(C(=O)O)cc2[nH]1. The van der Waals surface area contributed by atoms with Crippen LogP contribution in [0.1, 0.15) is 42.4 Å². The number of nitrogens with one attached hydrogen (secondary N) is 1. The average molecular weight is 219 g/mol. The van der Waals surface area contributed by atoms with Gasteiger partial charge in [0, 0.05) is 12.1 Å². The Bertz CT molecular complexity index is 533. The summed E-state index contributed by atoms with van der Waals surface area (Å²) >= 11 is 0. The number of H-pyrrole nitrogens is 1. The Hall–Kier alpha value is -1.91. The summed E-state index contributed by atoms with van der Waals surface area (Å²) < 4.78 is 0. The highest BCUT2D eigenvalue weighted by atomic mass is 16.4. The number of aromatic nitrogens is 3. The lowest BCUT2D eigenvalue weighted by Crippen LogP contribution is -1.96. The number of aromatic amines is 1. The molecule has 0 aromatic carbocycles. The number of carbonyl (C=O) groups is 1. The lowest BCUT2D eigenvalue weighted by atomic mass is 10.1. The molecule has 0 radical (unpaired) electrons. The van der Waals surface area contributed by atoms with Crippen LogP contribution in [-0.4, -0.2) is 26.0 Å². The van der Waals surface area contributed by atoms with Crippen molar-refractivity contribution >= 4 is 17.1 Å². The highest BCUT2D eigenvalue weighted by Crippen LogP contribution is 2.19. The summed E-state index contributed by atoms with van der Waals surface area (Å²) in [7, 11) is 0. The van der Waals surface area contributed by atoms with Gasteiger partial charge >= 0.3 is 5.97 Å². The van der Waals surface area contributed by atoms with E-state index in [9.17, 15) is 4.79 Å². The lowest BCUT2D eigenvalue weighted by Gasteiger charge is -2.01. The van der Waals surface area contributed by atoms with Crippen molar-refractivity contribution in [1.82, 2.24) is 15.0 Å². The van der Waals surface area contributed by atoms with Crippen molar-refractivity contribution in [2.75, 3.05) is 0 Å². The molecule has 2 aromatic heterocycles. The third-order valence-electron chi connectivity index (χ3n) is 2.68. The van der Waals surface area contributed by atoms with Gasteiger partial charge in [-0.3, -0.25) is 0 Å². The molecule has 0 saturated carbocycles. The first-order valence-corrected chi connectivity index (χ1v) is 5.20. The van der Waals surface area contributed by atoms with E-state index in [4.69, 9.17) is 5.11 Å². The molecule has 0 bridgehead atoms. The van der Waals surface area contributed by atoms with Gasteiger partial charge in [-0.1, -0.05) is 13.8 Å². The molecule has 0 aliphatic heterocycles. The summed E-state index contributed by atoms with van der Waals surface area (Å²) in [6.07, 6.45) is 2.30. The average Bonchev–Trinajstić information content (AvgIpc) is 2.70. The minimum absolute atomic E-state index is 0.173. The molecule has 1 atom stereocenters. The number of rotatable bonds is 3. The van der Waals surface area contributed by atoms with Gasteiger partial charge in [-0.15, -0.1) is 0 Å². The Morgan fingerprint density at radius 1 is 1.62 bits per heavy atom. The quantitative estimate of drug-likeness (QED) is 0.829. The van der Waals surface area contributed by atoms with Gasteiger partial charge in [-0.2, -0.15) is 0 Å². The molecule has 1 unspecified atom stereocenters. The summed E-state index contributed by atoms with van der Waals surface area (Å²) in [6, 6.07) is 1.56. The van der Waals surface area contributed by atoms with Crippen molar-refractivity contribution in [3.63, 3.8) is 0 Å². The lowest BCUT2D eigenvalue weighted by molar-refractivity contribution is 0.0696. The fraction of sp³-hybridized carbons (Fsp3) is 0.364. The zero-order valence-electron chi connectivity index (χ0n) is 9.19. The number of nitrogens with zero attached hydrogens (tertiary/aromatic N) is 2. The number of hydrogen-bond donors (Lipinski definition) is 2. The molecule has 16 heavy (non-hydrogen) atoms. The predicted octanol–water partition coefficient (Wildman–Crippen LogP) is 2.17. The topological polar surface area (TPSA) is 78.9 Å². The Morgan fingerprint density at radius 2 is 2.38 bits per heavy atom. The molecule has 0 saturated heterocycles. The molecule has 2 rings (SSSR count). The molecule has 2 heterocycles. The van der Waals surface area contributed by atoms with E-state index in [0.717, 1.165) is 12.2 Å². The van der Waals surface area contributed by atoms with E-state index in [1.54, 1.807) is 6.07 Å². The number of carboxylic acids is 1. The third-order valence-corrected chi connectivity index (χ3v) is 2.68. The summed E-state index contributed by atoms with van der Waals surface area (Å²) in [6.45, 7) is 4.14. The van der Waals surface area contributed by atoms with Gasteiger partial charge < -0.3 is 10.1 Å². The molecule has 2 N–H and O–H groups in total. The monoisotopic (exact) mass is 219 g/mol. The maximum Gasteiger partial charge on any atom is 0.337 e. The van der Waals surface area contributed by atoms with Crippen molar-refractivity contribution in [3.8, 4) is 0 Å². The van der Waals surface area contributed by atoms with Gasteiger partial charge in [0.15, 0.2) is 5.65 Å². The van der Waals surface area contributed by atoms with E-state index in [-0.39, 0.29) is 5.56 Å². The van der Waals surface area contributed by atoms with E-state index in [1.807, 2.05) is 0 Å². The van der Waals surface area contributed by atoms with Crippen LogP contribution in [0.3, 0.4) is 0 Å². The van der Waals surface area contributed by atoms with Crippen molar-refractivity contribution in [1.29, 1.82) is 0 Å². The van der Waals surface area contributed by atoms with Gasteiger partial charge in [-0.25, -0.2) is 14.8 Å². The number of imidazole rings is 1. The molecule has 0 aliphatic rings. The Morgan fingerprint density at radius 3 is 3.00 bits per heavy atom. The van der Waals surface area contributed by atoms with E-state index in [0.29, 0.717) is 17.1 Å². The Kier molecular flexibility index (Phi) is 2.60. The second kappa shape index (κ2) is 3.92. The van der Waals surface area contributed by atoms with Gasteiger partial charge in [0.1, 0.15) is 5.82 Å². The molecule has 0 spiro atoms. The van der Waals surface area contributed by atoms with Crippen LogP contribution in [0.15, 0.2) is 12.3 Å². The van der Waals surface area contributed by atoms with Crippen molar-refractivity contribution in [2.45, 2.75) is 26.2 Å². The van der Waals surface area contributed by atoms with Crippen molar-refractivity contribution in [2.24, 2.45) is 0 Å². The summed E-state index contributed by atoms with van der Waals surface area (Å²) in [4.78, 5) is 22.2. The predicted molar refractivity (Wildman–Crippen MR) is 59.6 cm³/mol. The fourth-order valence-corrected chi connectivity index (χ4v) is 1.46. The molecule has 0 fully saturated rings. The highest BCUT2D eigenvalue weighted by molar-refractivity contribution is 5.90. The maximum atomic E-state index is 10.8. The van der Waals surface area contributed by atoms with Crippen LogP contribution in [0.25, 0.3) is 11.2 Å². The van der Waals surface area contributed by atoms with Gasteiger partial charge in [0.2, 0.25) is 0 Å². The van der Waals surface area contributed by atoms with E-state index in [2.05, 4.69) is 28.8 Å². The molecule has 2 aromatic rings. The van der Waals surface area contributed by atoms with Crippen molar-refractivity contribution < 1.29 is 9.90 Å². The van der Waals surface area contributed by atoms with E-state index in [1.165, 1.54) is 6.20 Å². The summed E-state index contributed by atoms with van der Waals surface area (Å²) in [5.41, 5.74) is 1.42. The molecule has 84 valence electrons. The van der Waals surface area contributed by atoms with Gasteiger partial charge in [-0.05, 0) is 12.5 Å². The van der Waals surface area contributed by atoms with Crippen LogP contribution in [0.4, 0.5) is 0 Å². The first-order chi connectivity index (χ1) is 7.61. The van der Waals surface area contributed by atoms with Crippen LogP contribution < -0.4 is 0 Å². The minimum Gasteiger partial charge on any atom is -0.478 e. The Balaban J connectivity index is 2.49. The molecule has 0 amide bonds. The second-order valence-electron chi connectivity index (χ2n) is 3.83. The third kappa shape index (κ3) is 1.76. The van der Waals surface area contributed by atoms with Crippen molar-refractivity contribution in [3.05, 3.63) is 23.7 Å². The smallest absolute Gasteiger partial charge is 0.337 e. The number of pyridine rings is 1. The van der Waals surface area contributed by atoms with Crippen LogP contribution >= 0.6 is 0 Å². The largest absolute Gasteiger partial charge is 0.478 e. The van der Waals surface area contributed by atoms with Crippen LogP contribution in [0.2, 0.25) is 0 Å². The molecular weight excluding hydrogens is 206 g/mol. The van der Waals surface area contributed by atoms with Crippen LogP contribution in [-0.2, 0) is 0 Å². The number of fused-ring (bicyclic) bond motifs is 1. The normalized spacial score (nSPS) is 12.9. The number of aromatic carboxylic acids is 1. The highest BCUT2D eigenvalue weighted by Gasteiger charge is 2.11. The zero-order valence-corrected chi connectivity index (χ0v) is 9.19. The first-order valence-electron chi connectivity index (χ1n) is 5.20.